The van der Waals surface area contributed by atoms with Gasteiger partial charge in [-0.1, -0.05) is 30.3 Å². The molecule has 1 fully saturated rings. The number of carbonyl (C=O) groups excluding carboxylic acids is 1. The van der Waals surface area contributed by atoms with Gasteiger partial charge in [0.15, 0.2) is 0 Å². The molecule has 0 radical (unpaired) electrons. The van der Waals surface area contributed by atoms with Crippen LogP contribution in [0.5, 0.6) is 0 Å². The summed E-state index contributed by atoms with van der Waals surface area (Å²) in [5.41, 5.74) is 0.862. The summed E-state index contributed by atoms with van der Waals surface area (Å²) in [6.07, 6.45) is 0. The minimum absolute atomic E-state index is 0.0500. The van der Waals surface area contributed by atoms with Crippen LogP contribution in [0.15, 0.2) is 77.0 Å². The van der Waals surface area contributed by atoms with Crippen LogP contribution in [0, 0.1) is 0 Å². The minimum atomic E-state index is -3.80. The Morgan fingerprint density at radius 3 is 2.55 bits per heavy atom. The number of carbonyl (C=O) groups is 1. The van der Waals surface area contributed by atoms with E-state index in [4.69, 9.17) is 4.74 Å². The van der Waals surface area contributed by atoms with Crippen LogP contribution in [0.3, 0.4) is 0 Å². The first-order valence-corrected chi connectivity index (χ1v) is 13.1. The molecule has 1 saturated heterocycles. The Hall–Kier alpha value is -2.72. The van der Waals surface area contributed by atoms with E-state index >= 15 is 0 Å². The average Bonchev–Trinajstić information content (AvgIpc) is 3.39. The molecular formula is C24H27N3O4S2. The van der Waals surface area contributed by atoms with Gasteiger partial charge >= 0.3 is 0 Å². The molecule has 1 aromatic heterocycles. The molecular weight excluding hydrogens is 458 g/mol. The van der Waals surface area contributed by atoms with Gasteiger partial charge in [0, 0.05) is 37.1 Å². The number of para-hydroxylation sites is 1. The maximum Gasteiger partial charge on any atom is 0.264 e. The van der Waals surface area contributed by atoms with Gasteiger partial charge < -0.3 is 10.1 Å². The average molecular weight is 486 g/mol. The molecule has 2 heterocycles. The third-order valence-electron chi connectivity index (χ3n) is 5.69. The minimum Gasteiger partial charge on any atom is -0.379 e. The van der Waals surface area contributed by atoms with E-state index in [0.29, 0.717) is 31.0 Å². The number of nitrogens with zero attached hydrogens (tertiary/aromatic N) is 2. The highest BCUT2D eigenvalue weighted by Gasteiger charge is 2.25. The molecule has 1 aliphatic rings. The van der Waals surface area contributed by atoms with Crippen molar-refractivity contribution in [1.29, 1.82) is 0 Å². The third-order valence-corrected chi connectivity index (χ3v) is 8.44. The van der Waals surface area contributed by atoms with Gasteiger partial charge in [0.05, 0.1) is 29.8 Å². The zero-order valence-electron chi connectivity index (χ0n) is 18.4. The second-order valence-electron chi connectivity index (χ2n) is 7.73. The number of thiophene rings is 1. The fraction of sp³-hybridized carbons (Fsp3) is 0.292. The Morgan fingerprint density at radius 2 is 1.85 bits per heavy atom. The molecule has 1 amide bonds. The number of anilines is 1. The van der Waals surface area contributed by atoms with Crippen molar-refractivity contribution < 1.29 is 17.9 Å². The molecule has 0 bridgehead atoms. The lowest BCUT2D eigenvalue weighted by atomic mass is 10.1. The van der Waals surface area contributed by atoms with Crippen molar-refractivity contribution in [2.24, 2.45) is 0 Å². The van der Waals surface area contributed by atoms with Crippen molar-refractivity contribution in [3.05, 3.63) is 82.6 Å². The van der Waals surface area contributed by atoms with Crippen LogP contribution < -0.4 is 9.62 Å². The van der Waals surface area contributed by atoms with Gasteiger partial charge in [0.25, 0.3) is 15.9 Å². The first-order valence-electron chi connectivity index (χ1n) is 10.7. The van der Waals surface area contributed by atoms with Crippen molar-refractivity contribution >= 4 is 33.0 Å². The summed E-state index contributed by atoms with van der Waals surface area (Å²) in [6, 6.07) is 19.1. The van der Waals surface area contributed by atoms with E-state index in [1.165, 1.54) is 28.4 Å². The molecule has 0 aliphatic carbocycles. The molecule has 33 heavy (non-hydrogen) atoms. The summed E-state index contributed by atoms with van der Waals surface area (Å²) in [5.74, 6) is -0.302. The molecule has 2 aromatic carbocycles. The maximum atomic E-state index is 13.1. The SMILES string of the molecule is CN(c1ccccc1)S(=O)(=O)c1cccc(C(=O)NC[C@@H](c2cccs2)N2CCOCC2)c1. The van der Waals surface area contributed by atoms with Gasteiger partial charge in [-0.25, -0.2) is 8.42 Å². The molecule has 0 saturated carbocycles. The van der Waals surface area contributed by atoms with E-state index in [1.807, 2.05) is 17.5 Å². The number of amides is 1. The van der Waals surface area contributed by atoms with Crippen molar-refractivity contribution in [1.82, 2.24) is 10.2 Å². The molecule has 3 aromatic rings. The van der Waals surface area contributed by atoms with Gasteiger partial charge in [0.1, 0.15) is 0 Å². The number of hydrogen-bond donors (Lipinski definition) is 1. The maximum absolute atomic E-state index is 13.1. The lowest BCUT2D eigenvalue weighted by Gasteiger charge is -2.34. The summed E-state index contributed by atoms with van der Waals surface area (Å²) in [5, 5.41) is 5.03. The number of sulfonamides is 1. The predicted molar refractivity (Wildman–Crippen MR) is 130 cm³/mol. The number of rotatable bonds is 8. The first kappa shape index (κ1) is 23.4. The van der Waals surface area contributed by atoms with E-state index in [0.717, 1.165) is 13.1 Å². The normalized spacial score (nSPS) is 15.7. The van der Waals surface area contributed by atoms with Crippen LogP contribution in [0.1, 0.15) is 21.3 Å². The van der Waals surface area contributed by atoms with Crippen LogP contribution >= 0.6 is 11.3 Å². The molecule has 0 spiro atoms. The van der Waals surface area contributed by atoms with Crippen LogP contribution in [0.4, 0.5) is 5.69 Å². The van der Waals surface area contributed by atoms with Crippen LogP contribution in [0.2, 0.25) is 0 Å². The summed E-state index contributed by atoms with van der Waals surface area (Å²) in [4.78, 5) is 16.5. The first-order chi connectivity index (χ1) is 16.0. The lowest BCUT2D eigenvalue weighted by Crippen LogP contribution is -2.43. The molecule has 9 heteroatoms. The van der Waals surface area contributed by atoms with Crippen LogP contribution in [-0.4, -0.2) is 59.1 Å². The zero-order chi connectivity index (χ0) is 23.3. The summed E-state index contributed by atoms with van der Waals surface area (Å²) in [7, 11) is -2.29. The molecule has 4 rings (SSSR count). The topological polar surface area (TPSA) is 79.0 Å². The van der Waals surface area contributed by atoms with E-state index in [9.17, 15) is 13.2 Å². The smallest absolute Gasteiger partial charge is 0.264 e. The van der Waals surface area contributed by atoms with Crippen LogP contribution in [-0.2, 0) is 14.8 Å². The highest BCUT2D eigenvalue weighted by Crippen LogP contribution is 2.26. The largest absolute Gasteiger partial charge is 0.379 e. The van der Waals surface area contributed by atoms with E-state index in [2.05, 4.69) is 16.3 Å². The second-order valence-corrected chi connectivity index (χ2v) is 10.7. The van der Waals surface area contributed by atoms with Crippen LogP contribution in [0.25, 0.3) is 0 Å². The number of ether oxygens (including phenoxy) is 1. The molecule has 174 valence electrons. The Morgan fingerprint density at radius 1 is 1.09 bits per heavy atom. The monoisotopic (exact) mass is 485 g/mol. The standard InChI is InChI=1S/C24H27N3O4S2/c1-26(20-8-3-2-4-9-20)33(29,30)21-10-5-7-19(17-21)24(28)25-18-22(23-11-6-16-32-23)27-12-14-31-15-13-27/h2-11,16-17,22H,12-15,18H2,1H3,(H,25,28)/t22-/m0/s1. The molecule has 1 atom stereocenters. The summed E-state index contributed by atoms with van der Waals surface area (Å²) < 4.78 is 32.9. The fourth-order valence-corrected chi connectivity index (χ4v) is 5.91. The Bertz CT molecular complexity index is 1160. The molecule has 1 aliphatic heterocycles. The van der Waals surface area contributed by atoms with E-state index in [-0.39, 0.29) is 16.8 Å². The second kappa shape index (κ2) is 10.5. The number of morpholine rings is 1. The molecule has 7 nitrogen and oxygen atoms in total. The fourth-order valence-electron chi connectivity index (χ4n) is 3.80. The summed E-state index contributed by atoms with van der Waals surface area (Å²) >= 11 is 1.66. The van der Waals surface area contributed by atoms with Gasteiger partial charge in [-0.2, -0.15) is 0 Å². The lowest BCUT2D eigenvalue weighted by molar-refractivity contribution is 0.0169. The predicted octanol–water partition coefficient (Wildman–Crippen LogP) is 3.38. The van der Waals surface area contributed by atoms with Gasteiger partial charge in [0.2, 0.25) is 0 Å². The van der Waals surface area contributed by atoms with Crippen molar-refractivity contribution in [2.75, 3.05) is 44.2 Å². The van der Waals surface area contributed by atoms with Gasteiger partial charge in [-0.3, -0.25) is 14.0 Å². The van der Waals surface area contributed by atoms with E-state index < -0.39 is 10.0 Å². The van der Waals surface area contributed by atoms with Crippen molar-refractivity contribution in [3.8, 4) is 0 Å². The number of nitrogens with one attached hydrogen (secondary N) is 1. The number of benzene rings is 2. The Kier molecular flexibility index (Phi) is 7.44. The highest BCUT2D eigenvalue weighted by molar-refractivity contribution is 7.92. The van der Waals surface area contributed by atoms with Gasteiger partial charge in [-0.15, -0.1) is 11.3 Å². The van der Waals surface area contributed by atoms with Crippen molar-refractivity contribution in [2.45, 2.75) is 10.9 Å². The number of hydrogen-bond acceptors (Lipinski definition) is 6. The Labute approximate surface area is 198 Å². The summed E-state index contributed by atoms with van der Waals surface area (Å²) in [6.45, 7) is 3.38. The zero-order valence-corrected chi connectivity index (χ0v) is 20.0. The highest BCUT2D eigenvalue weighted by atomic mass is 32.2. The quantitative estimate of drug-likeness (QED) is 0.529. The molecule has 1 N–H and O–H groups in total. The third kappa shape index (κ3) is 5.44. The molecule has 0 unspecified atom stereocenters. The van der Waals surface area contributed by atoms with Crippen molar-refractivity contribution in [3.63, 3.8) is 0 Å². The Balaban J connectivity index is 1.49. The van der Waals surface area contributed by atoms with E-state index in [1.54, 1.807) is 47.7 Å². The van der Waals surface area contributed by atoms with Gasteiger partial charge in [-0.05, 0) is 41.8 Å².